The van der Waals surface area contributed by atoms with Crippen molar-refractivity contribution in [3.05, 3.63) is 6.07 Å². The lowest BCUT2D eigenvalue weighted by Crippen LogP contribution is -2.43. The van der Waals surface area contributed by atoms with Crippen molar-refractivity contribution in [1.29, 1.82) is 0 Å². The van der Waals surface area contributed by atoms with Crippen LogP contribution in [0.4, 0.5) is 17.6 Å². The summed E-state index contributed by atoms with van der Waals surface area (Å²) in [5, 5.41) is 6.90. The molecule has 2 aliphatic heterocycles. The second kappa shape index (κ2) is 8.32. The van der Waals surface area contributed by atoms with E-state index in [1.165, 1.54) is 0 Å². The molecule has 0 bridgehead atoms. The molecule has 2 N–H and O–H groups in total. The smallest absolute Gasteiger partial charge is 0.232 e. The maximum absolute atomic E-state index is 5.46. The first-order chi connectivity index (χ1) is 12.4. The fourth-order valence-electron chi connectivity index (χ4n) is 2.86. The van der Waals surface area contributed by atoms with Gasteiger partial charge in [-0.05, 0) is 33.0 Å². The summed E-state index contributed by atoms with van der Waals surface area (Å²) >= 11 is 5.41. The van der Waals surface area contributed by atoms with E-state index in [4.69, 9.17) is 21.7 Å². The molecule has 144 valence electrons. The lowest BCUT2D eigenvalue weighted by molar-refractivity contribution is 0.122. The van der Waals surface area contributed by atoms with Crippen molar-refractivity contribution in [2.45, 2.75) is 26.3 Å². The fraction of sp³-hybridized carbons (Fsp3) is 0.706. The molecule has 0 unspecified atom stereocenters. The van der Waals surface area contributed by atoms with Gasteiger partial charge in [-0.2, -0.15) is 9.97 Å². The number of nitrogens with one attached hydrogen (secondary N) is 2. The van der Waals surface area contributed by atoms with Crippen LogP contribution in [0.5, 0.6) is 0 Å². The molecule has 0 aromatic carbocycles. The van der Waals surface area contributed by atoms with Crippen LogP contribution in [-0.2, 0) is 9.47 Å². The molecule has 2 aliphatic rings. The van der Waals surface area contributed by atoms with Crippen LogP contribution in [0.25, 0.3) is 0 Å². The molecule has 0 spiro atoms. The van der Waals surface area contributed by atoms with Gasteiger partial charge in [-0.15, -0.1) is 0 Å². The number of rotatable bonds is 3. The van der Waals surface area contributed by atoms with Crippen LogP contribution in [-0.4, -0.2) is 73.2 Å². The topological polar surface area (TPSA) is 74.8 Å². The van der Waals surface area contributed by atoms with Crippen molar-refractivity contribution < 1.29 is 9.47 Å². The highest BCUT2D eigenvalue weighted by Crippen LogP contribution is 2.23. The van der Waals surface area contributed by atoms with Gasteiger partial charge in [0.25, 0.3) is 0 Å². The standard InChI is InChI=1S/C17H28N6O2S/c1-17(2,3)21-16(26)20-15-18-13(22-4-8-24-9-5-22)12-14(19-15)23-6-10-25-11-7-23/h12H,4-11H2,1-3H3,(H2,18,19,20,21,26). The number of aromatic nitrogens is 2. The second-order valence-corrected chi connectivity index (χ2v) is 7.84. The minimum Gasteiger partial charge on any atom is -0.378 e. The Morgan fingerprint density at radius 2 is 1.42 bits per heavy atom. The third-order valence-electron chi connectivity index (χ3n) is 4.08. The van der Waals surface area contributed by atoms with Crippen molar-refractivity contribution in [2.75, 3.05) is 67.7 Å². The van der Waals surface area contributed by atoms with Crippen molar-refractivity contribution >= 4 is 34.9 Å². The molecular formula is C17H28N6O2S. The van der Waals surface area contributed by atoms with Gasteiger partial charge < -0.3 is 29.9 Å². The summed E-state index contributed by atoms with van der Waals surface area (Å²) in [6.07, 6.45) is 0. The van der Waals surface area contributed by atoms with Crippen LogP contribution in [0.2, 0.25) is 0 Å². The molecule has 0 amide bonds. The highest BCUT2D eigenvalue weighted by molar-refractivity contribution is 7.80. The van der Waals surface area contributed by atoms with E-state index in [0.717, 1.165) is 37.8 Å². The molecule has 3 rings (SSSR count). The Bertz CT molecular complexity index is 588. The number of anilines is 3. The van der Waals surface area contributed by atoms with Crippen LogP contribution < -0.4 is 20.4 Å². The molecule has 1 aromatic heterocycles. The highest BCUT2D eigenvalue weighted by Gasteiger charge is 2.20. The summed E-state index contributed by atoms with van der Waals surface area (Å²) in [7, 11) is 0. The maximum atomic E-state index is 5.46. The maximum Gasteiger partial charge on any atom is 0.232 e. The third kappa shape index (κ3) is 5.39. The van der Waals surface area contributed by atoms with E-state index in [2.05, 4.69) is 51.2 Å². The molecule has 3 heterocycles. The zero-order chi connectivity index (χ0) is 18.6. The lowest BCUT2D eigenvalue weighted by Gasteiger charge is -2.31. The summed E-state index contributed by atoms with van der Waals surface area (Å²) < 4.78 is 10.9. The Morgan fingerprint density at radius 1 is 0.962 bits per heavy atom. The van der Waals surface area contributed by atoms with Gasteiger partial charge >= 0.3 is 0 Å². The van der Waals surface area contributed by atoms with Gasteiger partial charge in [-0.3, -0.25) is 0 Å². The van der Waals surface area contributed by atoms with Gasteiger partial charge in [-0.25, -0.2) is 0 Å². The van der Waals surface area contributed by atoms with E-state index in [1.54, 1.807) is 0 Å². The van der Waals surface area contributed by atoms with Crippen molar-refractivity contribution in [1.82, 2.24) is 15.3 Å². The average molecular weight is 381 g/mol. The molecule has 0 radical (unpaired) electrons. The number of morpholine rings is 2. The van der Waals surface area contributed by atoms with E-state index in [-0.39, 0.29) is 5.54 Å². The van der Waals surface area contributed by atoms with E-state index in [1.807, 2.05) is 6.07 Å². The fourth-order valence-corrected chi connectivity index (χ4v) is 3.26. The summed E-state index contributed by atoms with van der Waals surface area (Å²) in [4.78, 5) is 13.8. The van der Waals surface area contributed by atoms with Crippen LogP contribution in [0.3, 0.4) is 0 Å². The summed E-state index contributed by atoms with van der Waals surface area (Å²) in [5.41, 5.74) is -0.126. The Hall–Kier alpha value is -1.71. The van der Waals surface area contributed by atoms with Gasteiger partial charge in [0.15, 0.2) is 5.11 Å². The minimum absolute atomic E-state index is 0.126. The highest BCUT2D eigenvalue weighted by atomic mass is 32.1. The molecule has 1 aromatic rings. The largest absolute Gasteiger partial charge is 0.378 e. The van der Waals surface area contributed by atoms with Gasteiger partial charge in [0, 0.05) is 37.8 Å². The number of hydrogen-bond acceptors (Lipinski definition) is 7. The predicted octanol–water partition coefficient (Wildman–Crippen LogP) is 1.23. The lowest BCUT2D eigenvalue weighted by atomic mass is 10.1. The van der Waals surface area contributed by atoms with Gasteiger partial charge in [-0.1, -0.05) is 0 Å². The Kier molecular flexibility index (Phi) is 6.10. The van der Waals surface area contributed by atoms with Crippen molar-refractivity contribution in [3.63, 3.8) is 0 Å². The monoisotopic (exact) mass is 380 g/mol. The second-order valence-electron chi connectivity index (χ2n) is 7.44. The molecule has 2 fully saturated rings. The zero-order valence-corrected chi connectivity index (χ0v) is 16.6. The molecule has 0 atom stereocenters. The first kappa shape index (κ1) is 19.1. The average Bonchev–Trinajstić information content (AvgIpc) is 2.61. The van der Waals surface area contributed by atoms with E-state index >= 15 is 0 Å². The summed E-state index contributed by atoms with van der Waals surface area (Å²) in [5.74, 6) is 2.30. The Balaban J connectivity index is 1.82. The molecule has 8 nitrogen and oxygen atoms in total. The quantitative estimate of drug-likeness (QED) is 0.753. The number of hydrogen-bond donors (Lipinski definition) is 2. The van der Waals surface area contributed by atoms with E-state index in [9.17, 15) is 0 Å². The molecule has 9 heteroatoms. The minimum atomic E-state index is -0.126. The number of thiocarbonyl (C=S) groups is 1. The van der Waals surface area contributed by atoms with Crippen LogP contribution in [0.15, 0.2) is 6.07 Å². The molecule has 0 saturated carbocycles. The van der Waals surface area contributed by atoms with Gasteiger partial charge in [0.1, 0.15) is 11.6 Å². The first-order valence-electron chi connectivity index (χ1n) is 9.04. The number of ether oxygens (including phenoxy) is 2. The molecule has 2 saturated heterocycles. The zero-order valence-electron chi connectivity index (χ0n) is 15.7. The van der Waals surface area contributed by atoms with E-state index in [0.29, 0.717) is 37.5 Å². The van der Waals surface area contributed by atoms with Crippen LogP contribution >= 0.6 is 12.2 Å². The van der Waals surface area contributed by atoms with Gasteiger partial charge in [0.05, 0.1) is 26.4 Å². The summed E-state index contributed by atoms with van der Waals surface area (Å²) in [6, 6.07) is 2.04. The number of nitrogens with zero attached hydrogens (tertiary/aromatic N) is 4. The predicted molar refractivity (Wildman–Crippen MR) is 107 cm³/mol. The van der Waals surface area contributed by atoms with Crippen LogP contribution in [0.1, 0.15) is 20.8 Å². The summed E-state index contributed by atoms with van der Waals surface area (Å²) in [6.45, 7) is 12.3. The van der Waals surface area contributed by atoms with Crippen LogP contribution in [0, 0.1) is 0 Å². The normalized spacial score (nSPS) is 18.6. The Morgan fingerprint density at radius 3 is 1.85 bits per heavy atom. The van der Waals surface area contributed by atoms with Crippen molar-refractivity contribution in [2.24, 2.45) is 0 Å². The Labute approximate surface area is 160 Å². The van der Waals surface area contributed by atoms with E-state index < -0.39 is 0 Å². The van der Waals surface area contributed by atoms with Crippen molar-refractivity contribution in [3.8, 4) is 0 Å². The SMILES string of the molecule is CC(C)(C)NC(=S)Nc1nc(N2CCOCC2)cc(N2CCOCC2)n1. The first-order valence-corrected chi connectivity index (χ1v) is 9.45. The third-order valence-corrected chi connectivity index (χ3v) is 4.29. The van der Waals surface area contributed by atoms with Gasteiger partial charge in [0.2, 0.25) is 5.95 Å². The molecule has 0 aliphatic carbocycles. The molecule has 26 heavy (non-hydrogen) atoms. The molecular weight excluding hydrogens is 352 g/mol.